The van der Waals surface area contributed by atoms with Gasteiger partial charge in [0.15, 0.2) is 0 Å². The molecule has 0 spiro atoms. The van der Waals surface area contributed by atoms with Crippen molar-refractivity contribution < 1.29 is 4.42 Å². The van der Waals surface area contributed by atoms with E-state index in [0.29, 0.717) is 0 Å². The van der Waals surface area contributed by atoms with E-state index in [1.165, 1.54) is 11.1 Å². The Morgan fingerprint density at radius 2 is 1.33 bits per heavy atom. The molecule has 0 amide bonds. The zero-order valence-corrected chi connectivity index (χ0v) is 15.1. The van der Waals surface area contributed by atoms with E-state index in [2.05, 4.69) is 64.5 Å². The van der Waals surface area contributed by atoms with Crippen molar-refractivity contribution in [3.63, 3.8) is 0 Å². The first-order valence-corrected chi connectivity index (χ1v) is 9.16. The van der Waals surface area contributed by atoms with Gasteiger partial charge >= 0.3 is 0 Å². The van der Waals surface area contributed by atoms with Crippen LogP contribution in [0.3, 0.4) is 0 Å². The molecule has 0 bridgehead atoms. The number of nitrogens with zero attached hydrogens (tertiary/aromatic N) is 2. The number of rotatable bonds is 7. The second kappa shape index (κ2) is 8.47. The SMILES string of the molecule is c1ccc(CN(Cc2ccccc2)C(c2ccccn2)c2ccco2)cc1. The van der Waals surface area contributed by atoms with Crippen LogP contribution in [0.5, 0.6) is 0 Å². The van der Waals surface area contributed by atoms with Crippen LogP contribution in [0.4, 0.5) is 0 Å². The minimum Gasteiger partial charge on any atom is -0.467 e. The minimum absolute atomic E-state index is 0.0541. The minimum atomic E-state index is -0.0541. The van der Waals surface area contributed by atoms with Gasteiger partial charge in [-0.2, -0.15) is 0 Å². The predicted molar refractivity (Wildman–Crippen MR) is 107 cm³/mol. The topological polar surface area (TPSA) is 29.3 Å². The predicted octanol–water partition coefficient (Wildman–Crippen LogP) is 5.47. The van der Waals surface area contributed by atoms with Crippen molar-refractivity contribution in [1.29, 1.82) is 0 Å². The third kappa shape index (κ3) is 4.33. The molecule has 0 N–H and O–H groups in total. The number of benzene rings is 2. The molecule has 0 saturated heterocycles. The molecule has 4 rings (SSSR count). The van der Waals surface area contributed by atoms with Gasteiger partial charge in [-0.3, -0.25) is 9.88 Å². The Labute approximate surface area is 159 Å². The lowest BCUT2D eigenvalue weighted by Gasteiger charge is -2.30. The second-order valence-corrected chi connectivity index (χ2v) is 6.55. The highest BCUT2D eigenvalue weighted by Gasteiger charge is 2.26. The van der Waals surface area contributed by atoms with Crippen LogP contribution in [0.25, 0.3) is 0 Å². The van der Waals surface area contributed by atoms with Crippen molar-refractivity contribution in [3.05, 3.63) is 126 Å². The molecule has 0 saturated carbocycles. The summed E-state index contributed by atoms with van der Waals surface area (Å²) in [4.78, 5) is 7.05. The van der Waals surface area contributed by atoms with Crippen LogP contribution in [0.2, 0.25) is 0 Å². The average molecular weight is 354 g/mol. The Morgan fingerprint density at radius 3 is 1.85 bits per heavy atom. The zero-order valence-electron chi connectivity index (χ0n) is 15.1. The summed E-state index contributed by atoms with van der Waals surface area (Å²) >= 11 is 0. The van der Waals surface area contributed by atoms with Gasteiger partial charge in [0.25, 0.3) is 0 Å². The van der Waals surface area contributed by atoms with Gasteiger partial charge in [0.2, 0.25) is 0 Å². The quantitative estimate of drug-likeness (QED) is 0.441. The van der Waals surface area contributed by atoms with Crippen LogP contribution >= 0.6 is 0 Å². The molecular formula is C24H22N2O. The summed E-state index contributed by atoms with van der Waals surface area (Å²) in [5.74, 6) is 0.903. The lowest BCUT2D eigenvalue weighted by atomic mass is 10.0. The van der Waals surface area contributed by atoms with Gasteiger partial charge in [0.1, 0.15) is 11.8 Å². The smallest absolute Gasteiger partial charge is 0.127 e. The maximum absolute atomic E-state index is 5.82. The lowest BCUT2D eigenvalue weighted by molar-refractivity contribution is 0.182. The van der Waals surface area contributed by atoms with Crippen LogP contribution in [-0.2, 0) is 13.1 Å². The lowest BCUT2D eigenvalue weighted by Crippen LogP contribution is -2.29. The van der Waals surface area contributed by atoms with Gasteiger partial charge in [-0.05, 0) is 35.4 Å². The van der Waals surface area contributed by atoms with Gasteiger partial charge in [0, 0.05) is 19.3 Å². The first-order valence-electron chi connectivity index (χ1n) is 9.16. The van der Waals surface area contributed by atoms with Crippen molar-refractivity contribution in [1.82, 2.24) is 9.88 Å². The fraction of sp³-hybridized carbons (Fsp3) is 0.125. The third-order valence-corrected chi connectivity index (χ3v) is 4.60. The number of hydrogen-bond acceptors (Lipinski definition) is 3. The molecule has 0 aliphatic carbocycles. The van der Waals surface area contributed by atoms with Gasteiger partial charge in [-0.1, -0.05) is 66.7 Å². The molecule has 3 nitrogen and oxygen atoms in total. The van der Waals surface area contributed by atoms with Crippen molar-refractivity contribution in [2.24, 2.45) is 0 Å². The van der Waals surface area contributed by atoms with Gasteiger partial charge in [-0.25, -0.2) is 0 Å². The molecule has 1 unspecified atom stereocenters. The molecule has 27 heavy (non-hydrogen) atoms. The molecule has 134 valence electrons. The number of pyridine rings is 1. The summed E-state index contributed by atoms with van der Waals surface area (Å²) in [5.41, 5.74) is 3.51. The van der Waals surface area contributed by atoms with E-state index < -0.39 is 0 Å². The average Bonchev–Trinajstić information content (AvgIpc) is 3.25. The molecule has 0 aliphatic rings. The number of hydrogen-bond donors (Lipinski definition) is 0. The second-order valence-electron chi connectivity index (χ2n) is 6.55. The van der Waals surface area contributed by atoms with E-state index >= 15 is 0 Å². The zero-order chi connectivity index (χ0) is 18.3. The molecule has 0 radical (unpaired) electrons. The van der Waals surface area contributed by atoms with E-state index in [1.807, 2.05) is 42.6 Å². The Morgan fingerprint density at radius 1 is 0.704 bits per heavy atom. The summed E-state index contributed by atoms with van der Waals surface area (Å²) in [6, 6.07) is 31.0. The van der Waals surface area contributed by atoms with Crippen LogP contribution in [0.15, 0.2) is 108 Å². The van der Waals surface area contributed by atoms with Gasteiger partial charge in [-0.15, -0.1) is 0 Å². The molecule has 4 aromatic rings. The van der Waals surface area contributed by atoms with Crippen molar-refractivity contribution in [3.8, 4) is 0 Å². The largest absolute Gasteiger partial charge is 0.467 e. The summed E-state index contributed by atoms with van der Waals surface area (Å²) < 4.78 is 5.82. The molecule has 2 aromatic carbocycles. The summed E-state index contributed by atoms with van der Waals surface area (Å²) in [6.07, 6.45) is 3.57. The van der Waals surface area contributed by atoms with Gasteiger partial charge in [0.05, 0.1) is 12.0 Å². The fourth-order valence-corrected chi connectivity index (χ4v) is 3.37. The normalized spacial score (nSPS) is 12.2. The third-order valence-electron chi connectivity index (χ3n) is 4.60. The fourth-order valence-electron chi connectivity index (χ4n) is 3.37. The van der Waals surface area contributed by atoms with E-state index in [1.54, 1.807) is 6.26 Å². The highest BCUT2D eigenvalue weighted by molar-refractivity contribution is 5.24. The molecule has 2 aromatic heterocycles. The van der Waals surface area contributed by atoms with Crippen molar-refractivity contribution in [2.45, 2.75) is 19.1 Å². The van der Waals surface area contributed by atoms with Crippen LogP contribution in [-0.4, -0.2) is 9.88 Å². The first-order chi connectivity index (χ1) is 13.4. The standard InChI is InChI=1S/C24H22N2O/c1-3-10-20(11-4-1)18-26(19-21-12-5-2-6-13-21)24(23-15-9-17-27-23)22-14-7-8-16-25-22/h1-17,24H,18-19H2. The molecule has 2 heterocycles. The Balaban J connectivity index is 1.73. The van der Waals surface area contributed by atoms with E-state index in [-0.39, 0.29) is 6.04 Å². The summed E-state index contributed by atoms with van der Waals surface area (Å²) in [6.45, 7) is 1.61. The van der Waals surface area contributed by atoms with E-state index in [9.17, 15) is 0 Å². The van der Waals surface area contributed by atoms with Crippen molar-refractivity contribution in [2.75, 3.05) is 0 Å². The number of aromatic nitrogens is 1. The van der Waals surface area contributed by atoms with Crippen LogP contribution in [0, 0.1) is 0 Å². The van der Waals surface area contributed by atoms with Gasteiger partial charge < -0.3 is 4.42 Å². The van der Waals surface area contributed by atoms with Crippen LogP contribution < -0.4 is 0 Å². The Bertz CT molecular complexity index is 881. The molecular weight excluding hydrogens is 332 g/mol. The molecule has 3 heteroatoms. The number of furan rings is 1. The molecule has 0 aliphatic heterocycles. The summed E-state index contributed by atoms with van der Waals surface area (Å²) in [5, 5.41) is 0. The van der Waals surface area contributed by atoms with Crippen LogP contribution in [0.1, 0.15) is 28.6 Å². The molecule has 1 atom stereocenters. The highest BCUT2D eigenvalue weighted by atomic mass is 16.3. The van der Waals surface area contributed by atoms with Crippen molar-refractivity contribution >= 4 is 0 Å². The first kappa shape index (κ1) is 17.3. The summed E-state index contributed by atoms with van der Waals surface area (Å²) in [7, 11) is 0. The van der Waals surface area contributed by atoms with E-state index in [4.69, 9.17) is 4.42 Å². The Kier molecular flexibility index (Phi) is 5.42. The molecule has 0 fully saturated rings. The Hall–Kier alpha value is -3.17. The maximum Gasteiger partial charge on any atom is 0.127 e. The maximum atomic E-state index is 5.82. The van der Waals surface area contributed by atoms with E-state index in [0.717, 1.165) is 24.5 Å². The monoisotopic (exact) mass is 354 g/mol. The highest BCUT2D eigenvalue weighted by Crippen LogP contribution is 2.30.